The molecule has 2 aromatic rings. The molecule has 25 heavy (non-hydrogen) atoms. The van der Waals surface area contributed by atoms with Crippen molar-refractivity contribution in [3.63, 3.8) is 0 Å². The lowest BCUT2D eigenvalue weighted by Crippen LogP contribution is -2.32. The average molecular weight is 373 g/mol. The first kappa shape index (κ1) is 17.0. The zero-order valence-electron chi connectivity index (χ0n) is 14.7. The van der Waals surface area contributed by atoms with Crippen LogP contribution in [0, 0.1) is 6.92 Å². The second-order valence-electron chi connectivity index (χ2n) is 6.46. The molecule has 0 N–H and O–H groups in total. The number of rotatable bonds is 5. The van der Waals surface area contributed by atoms with E-state index >= 15 is 0 Å². The molecule has 0 unspecified atom stereocenters. The Bertz CT molecular complexity index is 763. The molecule has 0 bridgehead atoms. The number of thioether (sulfide) groups is 1. The molecular formula is C20H24N2OS2. The van der Waals surface area contributed by atoms with E-state index in [0.29, 0.717) is 6.61 Å². The van der Waals surface area contributed by atoms with Gasteiger partial charge in [0.05, 0.1) is 12.3 Å². The lowest BCUT2D eigenvalue weighted by Gasteiger charge is -2.25. The Labute approximate surface area is 158 Å². The summed E-state index contributed by atoms with van der Waals surface area (Å²) in [5, 5.41) is 1.19. The van der Waals surface area contributed by atoms with Gasteiger partial charge in [0.2, 0.25) is 0 Å². The van der Waals surface area contributed by atoms with Gasteiger partial charge in [0, 0.05) is 41.5 Å². The Morgan fingerprint density at radius 1 is 1.24 bits per heavy atom. The summed E-state index contributed by atoms with van der Waals surface area (Å²) in [5.41, 5.74) is 3.85. The summed E-state index contributed by atoms with van der Waals surface area (Å²) < 4.78 is 6.13. The number of hydrogen-bond donors (Lipinski definition) is 0. The van der Waals surface area contributed by atoms with Gasteiger partial charge in [-0.2, -0.15) is 11.8 Å². The van der Waals surface area contributed by atoms with Gasteiger partial charge in [0.15, 0.2) is 5.13 Å². The Morgan fingerprint density at radius 3 is 3.00 bits per heavy atom. The van der Waals surface area contributed by atoms with E-state index in [1.54, 1.807) is 0 Å². The largest absolute Gasteiger partial charge is 0.493 e. The minimum absolute atomic E-state index is 0.694. The molecule has 1 aromatic heterocycles. The summed E-state index contributed by atoms with van der Waals surface area (Å²) in [7, 11) is 0. The smallest absolute Gasteiger partial charge is 0.185 e. The second kappa shape index (κ2) is 7.83. The zero-order chi connectivity index (χ0) is 17.1. The number of nitrogens with zero attached hydrogens (tertiary/aromatic N) is 2. The zero-order valence-corrected chi connectivity index (χ0v) is 16.3. The standard InChI is InChI=1S/C20H24N2OS2/c1-15-18(21-20(25-15)22-10-13-24-14-11-22)9-12-23-19-8-4-6-16-5-2-3-7-17(16)19/h2,4-6,8H,3,7,9-14H2,1H3. The highest BCUT2D eigenvalue weighted by Crippen LogP contribution is 2.30. The van der Waals surface area contributed by atoms with Crippen molar-refractivity contribution in [3.8, 4) is 5.75 Å². The maximum absolute atomic E-state index is 6.13. The molecule has 2 heterocycles. The molecule has 0 saturated carbocycles. The molecule has 1 aromatic carbocycles. The number of allylic oxidation sites excluding steroid dienone is 1. The van der Waals surface area contributed by atoms with Crippen molar-refractivity contribution in [1.82, 2.24) is 4.98 Å². The molecule has 3 nitrogen and oxygen atoms in total. The molecule has 1 aliphatic heterocycles. The Balaban J connectivity index is 1.39. The monoisotopic (exact) mass is 372 g/mol. The molecule has 1 fully saturated rings. The Hall–Kier alpha value is -1.46. The molecule has 0 amide bonds. The van der Waals surface area contributed by atoms with Gasteiger partial charge in [0.1, 0.15) is 5.75 Å². The van der Waals surface area contributed by atoms with E-state index in [4.69, 9.17) is 9.72 Å². The second-order valence-corrected chi connectivity index (χ2v) is 8.87. The molecule has 0 radical (unpaired) electrons. The third-order valence-corrected chi connectivity index (χ3v) is 6.80. The van der Waals surface area contributed by atoms with E-state index in [1.807, 2.05) is 23.1 Å². The number of aryl methyl sites for hydroxylation is 1. The average Bonchev–Trinajstić information content (AvgIpc) is 3.03. The van der Waals surface area contributed by atoms with E-state index in [1.165, 1.54) is 38.3 Å². The van der Waals surface area contributed by atoms with Crippen molar-refractivity contribution in [3.05, 3.63) is 46.0 Å². The van der Waals surface area contributed by atoms with Crippen LogP contribution < -0.4 is 9.64 Å². The molecule has 0 spiro atoms. The van der Waals surface area contributed by atoms with Crippen LogP contribution in [0.4, 0.5) is 5.13 Å². The highest BCUT2D eigenvalue weighted by atomic mass is 32.2. The van der Waals surface area contributed by atoms with E-state index in [0.717, 1.165) is 38.1 Å². The van der Waals surface area contributed by atoms with Crippen LogP contribution in [-0.2, 0) is 12.8 Å². The van der Waals surface area contributed by atoms with Crippen LogP contribution in [0.15, 0.2) is 24.3 Å². The van der Waals surface area contributed by atoms with E-state index in [-0.39, 0.29) is 0 Å². The maximum atomic E-state index is 6.13. The van der Waals surface area contributed by atoms with Crippen LogP contribution in [0.3, 0.4) is 0 Å². The highest BCUT2D eigenvalue weighted by molar-refractivity contribution is 7.99. The number of thiazole rings is 1. The summed E-state index contributed by atoms with van der Waals surface area (Å²) in [6.45, 7) is 5.12. The molecular weight excluding hydrogens is 348 g/mol. The Morgan fingerprint density at radius 2 is 2.12 bits per heavy atom. The normalized spacial score (nSPS) is 16.8. The van der Waals surface area contributed by atoms with E-state index < -0.39 is 0 Å². The highest BCUT2D eigenvalue weighted by Gasteiger charge is 2.17. The van der Waals surface area contributed by atoms with Gasteiger partial charge in [-0.05, 0) is 31.4 Å². The minimum atomic E-state index is 0.694. The summed E-state index contributed by atoms with van der Waals surface area (Å²) in [5.74, 6) is 3.47. The number of aromatic nitrogens is 1. The molecule has 0 atom stereocenters. The predicted octanol–water partition coefficient (Wildman–Crippen LogP) is 4.59. The molecule has 2 aliphatic rings. The summed E-state index contributed by atoms with van der Waals surface area (Å²) >= 11 is 3.87. The van der Waals surface area contributed by atoms with Crippen LogP contribution in [0.1, 0.15) is 28.1 Å². The van der Waals surface area contributed by atoms with Crippen molar-refractivity contribution >= 4 is 34.3 Å². The fraction of sp³-hybridized carbons (Fsp3) is 0.450. The first-order valence-corrected chi connectivity index (χ1v) is 11.0. The van der Waals surface area contributed by atoms with Crippen molar-refractivity contribution in [2.24, 2.45) is 0 Å². The summed E-state index contributed by atoms with van der Waals surface area (Å²) in [4.78, 5) is 8.65. The Kier molecular flexibility index (Phi) is 5.32. The fourth-order valence-electron chi connectivity index (χ4n) is 3.37. The number of anilines is 1. The molecule has 1 saturated heterocycles. The van der Waals surface area contributed by atoms with Crippen molar-refractivity contribution in [1.29, 1.82) is 0 Å². The van der Waals surface area contributed by atoms with Crippen molar-refractivity contribution in [2.45, 2.75) is 26.2 Å². The topological polar surface area (TPSA) is 25.4 Å². The van der Waals surface area contributed by atoms with Crippen LogP contribution in [0.5, 0.6) is 5.75 Å². The number of benzene rings is 1. The summed E-state index contributed by atoms with van der Waals surface area (Å²) in [6.07, 6.45) is 7.51. The van der Waals surface area contributed by atoms with Gasteiger partial charge in [-0.3, -0.25) is 0 Å². The van der Waals surface area contributed by atoms with Gasteiger partial charge >= 0.3 is 0 Å². The van der Waals surface area contributed by atoms with Gasteiger partial charge in [-0.15, -0.1) is 11.3 Å². The fourth-order valence-corrected chi connectivity index (χ4v) is 5.28. The first-order chi connectivity index (χ1) is 12.3. The lowest BCUT2D eigenvalue weighted by molar-refractivity contribution is 0.317. The predicted molar refractivity (Wildman–Crippen MR) is 109 cm³/mol. The number of ether oxygens (including phenoxy) is 1. The van der Waals surface area contributed by atoms with Gasteiger partial charge in [-0.1, -0.05) is 24.3 Å². The molecule has 1 aliphatic carbocycles. The van der Waals surface area contributed by atoms with E-state index in [9.17, 15) is 0 Å². The van der Waals surface area contributed by atoms with Crippen LogP contribution in [0.2, 0.25) is 0 Å². The third-order valence-electron chi connectivity index (χ3n) is 4.79. The minimum Gasteiger partial charge on any atom is -0.493 e. The first-order valence-electron chi connectivity index (χ1n) is 9.01. The molecule has 5 heteroatoms. The van der Waals surface area contributed by atoms with Crippen molar-refractivity contribution in [2.75, 3.05) is 36.1 Å². The van der Waals surface area contributed by atoms with E-state index in [2.05, 4.69) is 42.2 Å². The maximum Gasteiger partial charge on any atom is 0.185 e. The SMILES string of the molecule is Cc1sc(N2CCSCC2)nc1CCOc1cccc2c1CCC=C2. The van der Waals surface area contributed by atoms with Gasteiger partial charge < -0.3 is 9.64 Å². The number of fused-ring (bicyclic) bond motifs is 1. The van der Waals surface area contributed by atoms with Gasteiger partial charge in [0.25, 0.3) is 0 Å². The van der Waals surface area contributed by atoms with Crippen LogP contribution in [0.25, 0.3) is 6.08 Å². The quantitative estimate of drug-likeness (QED) is 0.767. The lowest BCUT2D eigenvalue weighted by atomic mass is 9.97. The number of hydrogen-bond acceptors (Lipinski definition) is 5. The van der Waals surface area contributed by atoms with Gasteiger partial charge in [-0.25, -0.2) is 4.98 Å². The molecule has 4 rings (SSSR count). The molecule has 132 valence electrons. The third kappa shape index (κ3) is 3.87. The van der Waals surface area contributed by atoms with Crippen molar-refractivity contribution < 1.29 is 4.74 Å². The van der Waals surface area contributed by atoms with Crippen LogP contribution >= 0.6 is 23.1 Å². The van der Waals surface area contributed by atoms with Crippen LogP contribution in [-0.4, -0.2) is 36.2 Å². The summed E-state index contributed by atoms with van der Waals surface area (Å²) in [6, 6.07) is 6.36.